The molecule has 2 unspecified atom stereocenters. The molecule has 2 N–H and O–H groups in total. The summed E-state index contributed by atoms with van der Waals surface area (Å²) in [6.07, 6.45) is 0.00745. The van der Waals surface area contributed by atoms with Crippen molar-refractivity contribution in [3.63, 3.8) is 0 Å². The molecule has 0 spiro atoms. The molecular weight excluding hydrogens is 262 g/mol. The van der Waals surface area contributed by atoms with E-state index < -0.39 is 16.1 Å². The van der Waals surface area contributed by atoms with Crippen molar-refractivity contribution in [3.8, 4) is 0 Å². The number of nitrogens with one attached hydrogen (secondary N) is 1. The van der Waals surface area contributed by atoms with E-state index in [2.05, 4.69) is 4.72 Å². The van der Waals surface area contributed by atoms with Crippen molar-refractivity contribution < 1.29 is 13.5 Å². The molecule has 0 bridgehead atoms. The second-order valence-corrected chi connectivity index (χ2v) is 6.92. The van der Waals surface area contributed by atoms with Gasteiger partial charge in [-0.15, -0.1) is 0 Å². The predicted molar refractivity (Wildman–Crippen MR) is 77.4 cm³/mol. The van der Waals surface area contributed by atoms with Gasteiger partial charge in [0.1, 0.15) is 0 Å². The van der Waals surface area contributed by atoms with Crippen LogP contribution < -0.4 is 4.72 Å². The van der Waals surface area contributed by atoms with E-state index in [1.807, 2.05) is 39.0 Å². The zero-order valence-corrected chi connectivity index (χ0v) is 12.6. The zero-order valence-electron chi connectivity index (χ0n) is 11.8. The topological polar surface area (TPSA) is 66.4 Å². The van der Waals surface area contributed by atoms with Crippen molar-refractivity contribution >= 4 is 10.0 Å². The van der Waals surface area contributed by atoms with Gasteiger partial charge in [-0.1, -0.05) is 50.1 Å². The Morgan fingerprint density at radius 2 is 2.05 bits per heavy atom. The van der Waals surface area contributed by atoms with Gasteiger partial charge in [0.25, 0.3) is 0 Å². The van der Waals surface area contributed by atoms with Crippen LogP contribution in [0.25, 0.3) is 0 Å². The molecule has 5 heteroatoms. The molecule has 0 saturated heterocycles. The third-order valence-corrected chi connectivity index (χ3v) is 4.74. The standard InChI is InChI=1S/C14H23NO3S/c1-4-11(2)10-19(17,18)15-9-14(16)13-7-5-6-12(3)8-13/h5-8,11,14-16H,4,9-10H2,1-3H3. The molecule has 0 aliphatic heterocycles. The summed E-state index contributed by atoms with van der Waals surface area (Å²) < 4.78 is 26.0. The number of benzene rings is 1. The fourth-order valence-electron chi connectivity index (χ4n) is 1.75. The third-order valence-electron chi connectivity index (χ3n) is 3.12. The molecule has 0 radical (unpaired) electrons. The summed E-state index contributed by atoms with van der Waals surface area (Å²) in [6, 6.07) is 7.43. The molecule has 0 aliphatic carbocycles. The number of aliphatic hydroxyl groups excluding tert-OH is 1. The minimum atomic E-state index is -3.32. The summed E-state index contributed by atoms with van der Waals surface area (Å²) in [4.78, 5) is 0. The molecule has 19 heavy (non-hydrogen) atoms. The van der Waals surface area contributed by atoms with E-state index in [0.29, 0.717) is 0 Å². The van der Waals surface area contributed by atoms with Gasteiger partial charge < -0.3 is 5.11 Å². The third kappa shape index (κ3) is 5.72. The number of rotatable bonds is 7. The largest absolute Gasteiger partial charge is 0.387 e. The highest BCUT2D eigenvalue weighted by atomic mass is 32.2. The maximum absolute atomic E-state index is 11.8. The molecule has 0 fully saturated rings. The summed E-state index contributed by atoms with van der Waals surface area (Å²) in [7, 11) is -3.32. The predicted octanol–water partition coefficient (Wildman–Crippen LogP) is 1.99. The van der Waals surface area contributed by atoms with Crippen LogP contribution in [0.15, 0.2) is 24.3 Å². The van der Waals surface area contributed by atoms with Gasteiger partial charge in [0.15, 0.2) is 0 Å². The van der Waals surface area contributed by atoms with Crippen molar-refractivity contribution in [1.29, 1.82) is 0 Å². The van der Waals surface area contributed by atoms with Gasteiger partial charge in [-0.2, -0.15) is 0 Å². The van der Waals surface area contributed by atoms with Crippen LogP contribution in [-0.4, -0.2) is 25.8 Å². The number of aliphatic hydroxyl groups is 1. The van der Waals surface area contributed by atoms with Crippen LogP contribution in [0.3, 0.4) is 0 Å². The van der Waals surface area contributed by atoms with E-state index in [9.17, 15) is 13.5 Å². The average Bonchev–Trinajstić information content (AvgIpc) is 2.35. The van der Waals surface area contributed by atoms with Crippen LogP contribution in [0.4, 0.5) is 0 Å². The first-order chi connectivity index (χ1) is 8.84. The molecule has 0 saturated carbocycles. The Labute approximate surface area is 115 Å². The van der Waals surface area contributed by atoms with E-state index in [1.165, 1.54) is 0 Å². The number of hydrogen-bond donors (Lipinski definition) is 2. The van der Waals surface area contributed by atoms with E-state index in [-0.39, 0.29) is 18.2 Å². The van der Waals surface area contributed by atoms with Gasteiger partial charge in [0.2, 0.25) is 10.0 Å². The lowest BCUT2D eigenvalue weighted by molar-refractivity contribution is 0.182. The first-order valence-electron chi connectivity index (χ1n) is 6.56. The highest BCUT2D eigenvalue weighted by molar-refractivity contribution is 7.89. The van der Waals surface area contributed by atoms with Crippen LogP contribution >= 0.6 is 0 Å². The summed E-state index contributed by atoms with van der Waals surface area (Å²) in [5, 5.41) is 9.97. The Morgan fingerprint density at radius 3 is 2.63 bits per heavy atom. The van der Waals surface area contributed by atoms with Crippen molar-refractivity contribution in [2.24, 2.45) is 5.92 Å². The molecule has 108 valence electrons. The van der Waals surface area contributed by atoms with Crippen LogP contribution in [0.5, 0.6) is 0 Å². The van der Waals surface area contributed by atoms with Crippen molar-refractivity contribution in [2.45, 2.75) is 33.3 Å². The molecule has 2 atom stereocenters. The van der Waals surface area contributed by atoms with Gasteiger partial charge in [-0.05, 0) is 18.4 Å². The molecule has 1 aromatic carbocycles. The summed E-state index contributed by atoms with van der Waals surface area (Å²) in [6.45, 7) is 5.81. The molecule has 0 aromatic heterocycles. The Bertz CT molecular complexity index is 499. The zero-order chi connectivity index (χ0) is 14.5. The quantitative estimate of drug-likeness (QED) is 0.805. The Balaban J connectivity index is 2.57. The van der Waals surface area contributed by atoms with E-state index in [1.54, 1.807) is 6.07 Å². The molecule has 1 aromatic rings. The molecule has 4 nitrogen and oxygen atoms in total. The van der Waals surface area contributed by atoms with E-state index in [4.69, 9.17) is 0 Å². The number of hydrogen-bond acceptors (Lipinski definition) is 3. The minimum absolute atomic E-state index is 0.0161. The van der Waals surface area contributed by atoms with Crippen LogP contribution in [0.1, 0.15) is 37.5 Å². The maximum Gasteiger partial charge on any atom is 0.211 e. The van der Waals surface area contributed by atoms with Gasteiger partial charge in [0, 0.05) is 6.54 Å². The second kappa shape index (κ2) is 7.03. The molecule has 1 rings (SSSR count). The smallest absolute Gasteiger partial charge is 0.211 e. The highest BCUT2D eigenvalue weighted by Crippen LogP contribution is 2.14. The number of aryl methyl sites for hydroxylation is 1. The van der Waals surface area contributed by atoms with Crippen LogP contribution in [-0.2, 0) is 10.0 Å². The lowest BCUT2D eigenvalue weighted by Crippen LogP contribution is -2.32. The maximum atomic E-state index is 11.8. The molecule has 0 heterocycles. The summed E-state index contributed by atoms with van der Waals surface area (Å²) >= 11 is 0. The van der Waals surface area contributed by atoms with Crippen LogP contribution in [0.2, 0.25) is 0 Å². The minimum Gasteiger partial charge on any atom is -0.387 e. The Hall–Kier alpha value is -0.910. The first kappa shape index (κ1) is 16.1. The van der Waals surface area contributed by atoms with Gasteiger partial charge in [-0.25, -0.2) is 13.1 Å². The summed E-state index contributed by atoms with van der Waals surface area (Å²) in [5.41, 5.74) is 1.77. The normalized spacial score (nSPS) is 15.2. The first-order valence-corrected chi connectivity index (χ1v) is 8.21. The number of sulfonamides is 1. The Kier molecular flexibility index (Phi) is 5.97. The fraction of sp³-hybridized carbons (Fsp3) is 0.571. The SMILES string of the molecule is CCC(C)CS(=O)(=O)NCC(O)c1cccc(C)c1. The average molecular weight is 285 g/mol. The van der Waals surface area contributed by atoms with Crippen molar-refractivity contribution in [2.75, 3.05) is 12.3 Å². The lowest BCUT2D eigenvalue weighted by Gasteiger charge is -2.14. The van der Waals surface area contributed by atoms with E-state index >= 15 is 0 Å². The monoisotopic (exact) mass is 285 g/mol. The van der Waals surface area contributed by atoms with Gasteiger partial charge in [0.05, 0.1) is 11.9 Å². The van der Waals surface area contributed by atoms with Gasteiger partial charge >= 0.3 is 0 Å². The molecular formula is C14H23NO3S. The Morgan fingerprint density at radius 1 is 1.37 bits per heavy atom. The fourth-order valence-corrected chi connectivity index (χ4v) is 3.27. The summed E-state index contributed by atoms with van der Waals surface area (Å²) in [5.74, 6) is 0.220. The van der Waals surface area contributed by atoms with Crippen molar-refractivity contribution in [3.05, 3.63) is 35.4 Å². The molecule has 0 amide bonds. The van der Waals surface area contributed by atoms with Gasteiger partial charge in [-0.3, -0.25) is 0 Å². The second-order valence-electron chi connectivity index (χ2n) is 5.07. The van der Waals surface area contributed by atoms with Crippen molar-refractivity contribution in [1.82, 2.24) is 4.72 Å². The molecule has 0 aliphatic rings. The lowest BCUT2D eigenvalue weighted by atomic mass is 10.1. The highest BCUT2D eigenvalue weighted by Gasteiger charge is 2.16. The van der Waals surface area contributed by atoms with E-state index in [0.717, 1.165) is 17.5 Å². The van der Waals surface area contributed by atoms with Crippen LogP contribution in [0, 0.1) is 12.8 Å².